The van der Waals surface area contributed by atoms with E-state index >= 15 is 4.39 Å². The predicted octanol–water partition coefficient (Wildman–Crippen LogP) is -2.39. The maximum absolute atomic E-state index is 15.2. The van der Waals surface area contributed by atoms with Crippen LogP contribution in [0, 0.1) is 28.6 Å². The van der Waals surface area contributed by atoms with Gasteiger partial charge in [-0.25, -0.2) is 14.8 Å². The summed E-state index contributed by atoms with van der Waals surface area (Å²) in [5.74, 6) is -0.578. The topological polar surface area (TPSA) is 134 Å². The van der Waals surface area contributed by atoms with Crippen LogP contribution in [0.2, 0.25) is 0 Å². The monoisotopic (exact) mass is 493 g/mol. The molecule has 7 unspecified atom stereocenters. The number of amides is 1. The number of hydrogen-bond donors (Lipinski definition) is 5. The number of hydrogen-bond acceptors (Lipinski definition) is 10. The number of fused-ring (bicyclic) bond motifs is 1. The smallest absolute Gasteiger partial charge is 0.229 e. The van der Waals surface area contributed by atoms with Crippen molar-refractivity contribution >= 4 is 5.91 Å². The molecule has 5 rings (SSSR count). The van der Waals surface area contributed by atoms with E-state index in [1.165, 1.54) is 0 Å². The van der Waals surface area contributed by atoms with Crippen LogP contribution in [0.1, 0.15) is 13.8 Å². The molecule has 0 radical (unpaired) electrons. The van der Waals surface area contributed by atoms with Gasteiger partial charge in [-0.1, -0.05) is 0 Å². The molecule has 0 aliphatic carbocycles. The van der Waals surface area contributed by atoms with Crippen molar-refractivity contribution in [3.05, 3.63) is 0 Å². The molecule has 6 N–H and O–H groups in total. The molecule has 0 aromatic carbocycles. The van der Waals surface area contributed by atoms with Crippen LogP contribution in [-0.2, 0) is 9.53 Å². The molecule has 12 heteroatoms. The highest BCUT2D eigenvalue weighted by atomic mass is 19.1. The second-order valence-corrected chi connectivity index (χ2v) is 11.3. The first-order valence-corrected chi connectivity index (χ1v) is 12.9. The zero-order valence-corrected chi connectivity index (χ0v) is 20.8. The molecule has 196 valence electrons. The first kappa shape index (κ1) is 25.2. The van der Waals surface area contributed by atoms with Gasteiger partial charge in [-0.15, -0.1) is 0 Å². The van der Waals surface area contributed by atoms with Crippen LogP contribution in [-0.4, -0.2) is 123 Å². The molecular formula is C23H40FN9O2. The number of ether oxygens (including phenoxy) is 1. The molecular weight excluding hydrogens is 453 g/mol. The summed E-state index contributed by atoms with van der Waals surface area (Å²) >= 11 is 0. The molecule has 5 heterocycles. The molecule has 35 heavy (non-hydrogen) atoms. The molecule has 0 bridgehead atoms. The zero-order chi connectivity index (χ0) is 24.7. The Balaban J connectivity index is 1.21. The van der Waals surface area contributed by atoms with Crippen LogP contribution >= 0.6 is 0 Å². The number of piperazine rings is 1. The summed E-state index contributed by atoms with van der Waals surface area (Å²) in [5.41, 5.74) is 9.10. The number of carbonyl (C=O) groups excluding carboxylic acids is 1. The van der Waals surface area contributed by atoms with Gasteiger partial charge < -0.3 is 21.1 Å². The van der Waals surface area contributed by atoms with Gasteiger partial charge in [-0.05, 0) is 13.8 Å². The summed E-state index contributed by atoms with van der Waals surface area (Å²) in [6.45, 7) is 10.9. The van der Waals surface area contributed by atoms with Crippen LogP contribution in [0.5, 0.6) is 0 Å². The van der Waals surface area contributed by atoms with Crippen molar-refractivity contribution in [3.63, 3.8) is 0 Å². The van der Waals surface area contributed by atoms with E-state index in [0.717, 1.165) is 39.4 Å². The van der Waals surface area contributed by atoms with Gasteiger partial charge in [0.25, 0.3) is 0 Å². The number of nitrogens with two attached hydrogens (primary N) is 1. The van der Waals surface area contributed by atoms with Crippen LogP contribution in [0.4, 0.5) is 4.39 Å². The fourth-order valence-electron chi connectivity index (χ4n) is 6.20. The van der Waals surface area contributed by atoms with Gasteiger partial charge in [0.15, 0.2) is 0 Å². The lowest BCUT2D eigenvalue weighted by molar-refractivity contribution is -0.129. The van der Waals surface area contributed by atoms with Crippen molar-refractivity contribution in [1.29, 1.82) is 5.26 Å². The fourth-order valence-corrected chi connectivity index (χ4v) is 6.20. The maximum Gasteiger partial charge on any atom is 0.229 e. The Morgan fingerprint density at radius 1 is 1.17 bits per heavy atom. The number of rotatable bonds is 5. The second kappa shape index (κ2) is 10.1. The van der Waals surface area contributed by atoms with E-state index in [1.807, 2.05) is 18.9 Å². The van der Waals surface area contributed by atoms with Crippen molar-refractivity contribution in [2.45, 2.75) is 50.5 Å². The highest BCUT2D eigenvalue weighted by Crippen LogP contribution is 2.32. The van der Waals surface area contributed by atoms with Gasteiger partial charge in [-0.2, -0.15) is 5.26 Å². The first-order valence-electron chi connectivity index (χ1n) is 12.9. The third kappa shape index (κ3) is 4.93. The number of alkyl halides is 1. The van der Waals surface area contributed by atoms with E-state index in [-0.39, 0.29) is 30.1 Å². The number of nitriles is 1. The van der Waals surface area contributed by atoms with Crippen LogP contribution < -0.4 is 27.1 Å². The fraction of sp³-hybridized carbons (Fsp3) is 0.913. The Bertz CT molecular complexity index is 813. The predicted molar refractivity (Wildman–Crippen MR) is 127 cm³/mol. The van der Waals surface area contributed by atoms with E-state index in [2.05, 4.69) is 37.2 Å². The summed E-state index contributed by atoms with van der Waals surface area (Å²) in [6.07, 6.45) is -1.87. The number of nitrogens with zero attached hydrogens (tertiary/aromatic N) is 4. The minimum atomic E-state index is -1.05. The standard InChI is InChI=1S/C23H40FN9O2/c1-23(2,13-25)14-7-28-21-18(20(26)30-33(21)10-14)22(34)29-17-9-27-8-16(24)19(17)32-5-3-31(4-6-32)15-11-35-12-15/h14-21,27-28,30H,3-12,26H2,1-2H3,(H,29,34). The van der Waals surface area contributed by atoms with Gasteiger partial charge in [0.2, 0.25) is 5.91 Å². The highest BCUT2D eigenvalue weighted by molar-refractivity contribution is 5.81. The van der Waals surface area contributed by atoms with E-state index in [9.17, 15) is 10.1 Å². The Hall–Kier alpha value is -1.43. The van der Waals surface area contributed by atoms with Gasteiger partial charge in [0, 0.05) is 58.3 Å². The van der Waals surface area contributed by atoms with E-state index in [1.54, 1.807) is 0 Å². The Morgan fingerprint density at radius 3 is 2.54 bits per heavy atom. The molecule has 0 spiro atoms. The molecule has 5 aliphatic rings. The van der Waals surface area contributed by atoms with Crippen molar-refractivity contribution < 1.29 is 13.9 Å². The number of nitrogens with one attached hydrogen (secondary N) is 4. The molecule has 11 nitrogen and oxygen atoms in total. The SMILES string of the molecule is CC(C)(C#N)C1CNC2C(C(=O)NC3CNCC(F)C3N3CCN(C4COC4)CC3)C(N)NN2C1. The zero-order valence-electron chi connectivity index (χ0n) is 20.8. The minimum absolute atomic E-state index is 0.106. The molecule has 1 amide bonds. The van der Waals surface area contributed by atoms with E-state index in [4.69, 9.17) is 10.5 Å². The maximum atomic E-state index is 15.2. The molecule has 0 aromatic rings. The Morgan fingerprint density at radius 2 is 1.89 bits per heavy atom. The number of hydrazine groups is 1. The lowest BCUT2D eigenvalue weighted by Crippen LogP contribution is -2.69. The molecule has 0 aromatic heterocycles. The molecule has 0 saturated carbocycles. The van der Waals surface area contributed by atoms with Gasteiger partial charge >= 0.3 is 0 Å². The summed E-state index contributed by atoms with van der Waals surface area (Å²) in [5, 5.41) is 21.2. The second-order valence-electron chi connectivity index (χ2n) is 11.3. The van der Waals surface area contributed by atoms with Gasteiger partial charge in [-0.3, -0.25) is 19.9 Å². The number of piperidine rings is 1. The highest BCUT2D eigenvalue weighted by Gasteiger charge is 2.50. The third-order valence-corrected chi connectivity index (χ3v) is 8.70. The summed E-state index contributed by atoms with van der Waals surface area (Å²) in [6, 6.07) is 2.18. The van der Waals surface area contributed by atoms with Crippen molar-refractivity contribution in [3.8, 4) is 6.07 Å². The molecule has 5 fully saturated rings. The average molecular weight is 494 g/mol. The molecule has 5 saturated heterocycles. The van der Waals surface area contributed by atoms with Crippen molar-refractivity contribution in [2.75, 3.05) is 65.6 Å². The van der Waals surface area contributed by atoms with Crippen LogP contribution in [0.3, 0.4) is 0 Å². The van der Waals surface area contributed by atoms with Crippen LogP contribution in [0.25, 0.3) is 0 Å². The van der Waals surface area contributed by atoms with E-state index in [0.29, 0.717) is 32.2 Å². The molecule has 5 aliphatic heterocycles. The quantitative estimate of drug-likeness (QED) is 0.283. The van der Waals surface area contributed by atoms with Crippen molar-refractivity contribution in [2.24, 2.45) is 23.0 Å². The largest absolute Gasteiger partial charge is 0.378 e. The van der Waals surface area contributed by atoms with E-state index < -0.39 is 23.7 Å². The normalized spacial score (nSPS) is 40.0. The number of halogens is 1. The summed E-state index contributed by atoms with van der Waals surface area (Å²) in [7, 11) is 0. The lowest BCUT2D eigenvalue weighted by atomic mass is 9.78. The lowest BCUT2D eigenvalue weighted by Gasteiger charge is -2.48. The number of carbonyl (C=O) groups is 1. The Labute approximate surface area is 206 Å². The van der Waals surface area contributed by atoms with Gasteiger partial charge in [0.05, 0.1) is 61.1 Å². The average Bonchev–Trinajstić information content (AvgIpc) is 3.14. The van der Waals surface area contributed by atoms with Gasteiger partial charge in [0.1, 0.15) is 6.17 Å². The Kier molecular flexibility index (Phi) is 7.31. The minimum Gasteiger partial charge on any atom is -0.378 e. The summed E-state index contributed by atoms with van der Waals surface area (Å²) in [4.78, 5) is 18.1. The summed E-state index contributed by atoms with van der Waals surface area (Å²) < 4.78 is 20.5. The van der Waals surface area contributed by atoms with Crippen molar-refractivity contribution in [1.82, 2.24) is 36.2 Å². The van der Waals surface area contributed by atoms with Crippen LogP contribution in [0.15, 0.2) is 0 Å². The first-order chi connectivity index (χ1) is 16.8. The third-order valence-electron chi connectivity index (χ3n) is 8.70. The molecule has 7 atom stereocenters.